The molecule has 0 radical (unpaired) electrons. The van der Waals surface area contributed by atoms with Crippen LogP contribution in [0.3, 0.4) is 0 Å². The maximum absolute atomic E-state index is 12.2. The van der Waals surface area contributed by atoms with Gasteiger partial charge in [0, 0.05) is 44.3 Å². The summed E-state index contributed by atoms with van der Waals surface area (Å²) in [6, 6.07) is 8.52. The van der Waals surface area contributed by atoms with E-state index < -0.39 is 0 Å². The molecule has 0 spiro atoms. The molecule has 2 fully saturated rings. The van der Waals surface area contributed by atoms with Gasteiger partial charge in [-0.15, -0.1) is 0 Å². The van der Waals surface area contributed by atoms with Crippen molar-refractivity contribution in [3.05, 3.63) is 35.4 Å². The summed E-state index contributed by atoms with van der Waals surface area (Å²) < 4.78 is 0. The number of piperazine rings is 1. The van der Waals surface area contributed by atoms with Gasteiger partial charge in [0.2, 0.25) is 0 Å². The van der Waals surface area contributed by atoms with E-state index >= 15 is 0 Å². The number of benzene rings is 1. The zero-order valence-corrected chi connectivity index (χ0v) is 13.6. The summed E-state index contributed by atoms with van der Waals surface area (Å²) in [5, 5.41) is 3.15. The van der Waals surface area contributed by atoms with Crippen molar-refractivity contribution in [2.45, 2.75) is 38.3 Å². The van der Waals surface area contributed by atoms with Gasteiger partial charge in [-0.2, -0.15) is 0 Å². The lowest BCUT2D eigenvalue weighted by molar-refractivity contribution is 0.0938. The third kappa shape index (κ3) is 4.08. The van der Waals surface area contributed by atoms with Crippen LogP contribution in [-0.2, 0) is 6.54 Å². The summed E-state index contributed by atoms with van der Waals surface area (Å²) in [6.07, 6.45) is 4.75. The number of hydrogen-bond acceptors (Lipinski definition) is 3. The average molecular weight is 301 g/mol. The number of carbonyl (C=O) groups excluding carboxylic acids is 1. The van der Waals surface area contributed by atoms with E-state index in [0.29, 0.717) is 6.04 Å². The fraction of sp³-hybridized carbons (Fsp3) is 0.611. The molecule has 120 valence electrons. The number of nitrogens with zero attached hydrogens (tertiary/aromatic N) is 2. The summed E-state index contributed by atoms with van der Waals surface area (Å²) in [4.78, 5) is 17.1. The van der Waals surface area contributed by atoms with Crippen molar-refractivity contribution in [2.24, 2.45) is 0 Å². The van der Waals surface area contributed by atoms with Crippen molar-refractivity contribution in [1.82, 2.24) is 15.1 Å². The predicted molar refractivity (Wildman–Crippen MR) is 88.9 cm³/mol. The van der Waals surface area contributed by atoms with Crippen LogP contribution in [0.25, 0.3) is 0 Å². The summed E-state index contributed by atoms with van der Waals surface area (Å²) in [6.45, 7) is 5.52. The van der Waals surface area contributed by atoms with E-state index in [1.54, 1.807) is 0 Å². The average Bonchev–Trinajstić information content (AvgIpc) is 3.03. The number of rotatable bonds is 4. The standard InChI is InChI=1S/C18H27N3O/c1-20-10-12-21(13-11-20)14-15-6-8-16(9-7-15)18(22)19-17-4-2-3-5-17/h6-9,17H,2-5,10-14H2,1H3,(H,19,22). The van der Waals surface area contributed by atoms with Gasteiger partial charge in [0.25, 0.3) is 5.91 Å². The van der Waals surface area contributed by atoms with Gasteiger partial charge in [0.05, 0.1) is 0 Å². The topological polar surface area (TPSA) is 35.6 Å². The van der Waals surface area contributed by atoms with E-state index in [2.05, 4.69) is 34.3 Å². The van der Waals surface area contributed by atoms with Crippen molar-refractivity contribution in [2.75, 3.05) is 33.2 Å². The number of nitrogens with one attached hydrogen (secondary N) is 1. The number of amides is 1. The smallest absolute Gasteiger partial charge is 0.251 e. The minimum atomic E-state index is 0.0815. The van der Waals surface area contributed by atoms with Crippen LogP contribution in [0, 0.1) is 0 Å². The molecule has 0 aromatic heterocycles. The number of carbonyl (C=O) groups is 1. The van der Waals surface area contributed by atoms with Crippen LogP contribution in [0.5, 0.6) is 0 Å². The van der Waals surface area contributed by atoms with Crippen LogP contribution >= 0.6 is 0 Å². The second-order valence-corrected chi connectivity index (χ2v) is 6.73. The largest absolute Gasteiger partial charge is 0.349 e. The fourth-order valence-electron chi connectivity index (χ4n) is 3.36. The van der Waals surface area contributed by atoms with Gasteiger partial charge in [0.1, 0.15) is 0 Å². The van der Waals surface area contributed by atoms with E-state index in [0.717, 1.165) is 51.1 Å². The van der Waals surface area contributed by atoms with Gasteiger partial charge >= 0.3 is 0 Å². The maximum atomic E-state index is 12.2. The van der Waals surface area contributed by atoms with E-state index in [9.17, 15) is 4.79 Å². The first kappa shape index (κ1) is 15.5. The van der Waals surface area contributed by atoms with Crippen molar-refractivity contribution in [3.8, 4) is 0 Å². The Balaban J connectivity index is 1.52. The molecular weight excluding hydrogens is 274 g/mol. The van der Waals surface area contributed by atoms with Gasteiger partial charge in [-0.05, 0) is 37.6 Å². The molecule has 4 heteroatoms. The van der Waals surface area contributed by atoms with Crippen molar-refractivity contribution < 1.29 is 4.79 Å². The Morgan fingerprint density at radius 3 is 2.36 bits per heavy atom. The van der Waals surface area contributed by atoms with Crippen molar-refractivity contribution in [3.63, 3.8) is 0 Å². The van der Waals surface area contributed by atoms with Crippen LogP contribution in [0.2, 0.25) is 0 Å². The molecule has 1 heterocycles. The van der Waals surface area contributed by atoms with E-state index in [4.69, 9.17) is 0 Å². The molecular formula is C18H27N3O. The highest BCUT2D eigenvalue weighted by Crippen LogP contribution is 2.18. The van der Waals surface area contributed by atoms with Crippen LogP contribution in [0.4, 0.5) is 0 Å². The maximum Gasteiger partial charge on any atom is 0.251 e. The Morgan fingerprint density at radius 2 is 1.73 bits per heavy atom. The normalized spacial score (nSPS) is 21.1. The molecule has 4 nitrogen and oxygen atoms in total. The zero-order chi connectivity index (χ0) is 15.4. The highest BCUT2D eigenvalue weighted by molar-refractivity contribution is 5.94. The Kier molecular flexibility index (Phi) is 5.11. The second kappa shape index (κ2) is 7.25. The molecule has 0 atom stereocenters. The van der Waals surface area contributed by atoms with Crippen LogP contribution in [0.1, 0.15) is 41.6 Å². The molecule has 22 heavy (non-hydrogen) atoms. The molecule has 2 aliphatic rings. The van der Waals surface area contributed by atoms with E-state index in [1.807, 2.05) is 12.1 Å². The summed E-state index contributed by atoms with van der Waals surface area (Å²) >= 11 is 0. The van der Waals surface area contributed by atoms with Gasteiger partial charge in [-0.25, -0.2) is 0 Å². The second-order valence-electron chi connectivity index (χ2n) is 6.73. The number of hydrogen-bond donors (Lipinski definition) is 1. The van der Waals surface area contributed by atoms with E-state index in [1.165, 1.54) is 18.4 Å². The van der Waals surface area contributed by atoms with Crippen LogP contribution in [0.15, 0.2) is 24.3 Å². The molecule has 1 aromatic rings. The quantitative estimate of drug-likeness (QED) is 0.925. The molecule has 1 saturated heterocycles. The molecule has 1 aliphatic carbocycles. The molecule has 0 unspecified atom stereocenters. The third-order valence-corrected chi connectivity index (χ3v) is 4.91. The first-order valence-corrected chi connectivity index (χ1v) is 8.51. The van der Waals surface area contributed by atoms with Gasteiger partial charge in [0.15, 0.2) is 0 Å². The predicted octanol–water partition coefficient (Wildman–Crippen LogP) is 2.11. The SMILES string of the molecule is CN1CCN(Cc2ccc(C(=O)NC3CCCC3)cc2)CC1. The fourth-order valence-corrected chi connectivity index (χ4v) is 3.36. The molecule has 3 rings (SSSR count). The van der Waals surface area contributed by atoms with Crippen molar-refractivity contribution in [1.29, 1.82) is 0 Å². The summed E-state index contributed by atoms with van der Waals surface area (Å²) in [5.41, 5.74) is 2.08. The van der Waals surface area contributed by atoms with Crippen LogP contribution < -0.4 is 5.32 Å². The van der Waals surface area contributed by atoms with E-state index in [-0.39, 0.29) is 5.91 Å². The third-order valence-electron chi connectivity index (χ3n) is 4.91. The highest BCUT2D eigenvalue weighted by Gasteiger charge is 2.18. The Morgan fingerprint density at radius 1 is 1.09 bits per heavy atom. The van der Waals surface area contributed by atoms with Crippen molar-refractivity contribution >= 4 is 5.91 Å². The molecule has 1 saturated carbocycles. The minimum absolute atomic E-state index is 0.0815. The molecule has 1 aromatic carbocycles. The Labute approximate surface area is 133 Å². The lowest BCUT2D eigenvalue weighted by atomic mass is 10.1. The summed E-state index contributed by atoms with van der Waals surface area (Å²) in [5.74, 6) is 0.0815. The minimum Gasteiger partial charge on any atom is -0.349 e. The highest BCUT2D eigenvalue weighted by atomic mass is 16.1. The Hall–Kier alpha value is -1.39. The molecule has 1 N–H and O–H groups in total. The first-order chi connectivity index (χ1) is 10.7. The van der Waals surface area contributed by atoms with Gasteiger partial charge in [-0.3, -0.25) is 9.69 Å². The van der Waals surface area contributed by atoms with Gasteiger partial charge in [-0.1, -0.05) is 25.0 Å². The number of likely N-dealkylation sites (N-methyl/N-ethyl adjacent to an activating group) is 1. The summed E-state index contributed by atoms with van der Waals surface area (Å²) in [7, 11) is 2.18. The lowest BCUT2D eigenvalue weighted by Gasteiger charge is -2.32. The molecule has 1 aliphatic heterocycles. The Bertz CT molecular complexity index is 486. The lowest BCUT2D eigenvalue weighted by Crippen LogP contribution is -2.43. The zero-order valence-electron chi connectivity index (χ0n) is 13.6. The van der Waals surface area contributed by atoms with Gasteiger partial charge < -0.3 is 10.2 Å². The monoisotopic (exact) mass is 301 g/mol. The first-order valence-electron chi connectivity index (χ1n) is 8.51. The molecule has 1 amide bonds. The van der Waals surface area contributed by atoms with Crippen LogP contribution in [-0.4, -0.2) is 55.0 Å². The molecule has 0 bridgehead atoms.